The maximum Gasteiger partial charge on any atom is 0.262 e. The monoisotopic (exact) mass is 448 g/mol. The van der Waals surface area contributed by atoms with E-state index in [0.29, 0.717) is 26.5 Å². The standard InChI is InChI=1S/C20H14Cl2N2O2S2/c1-27-16-5-2-6-17-18(16)23-20(28-17)24(11-13-4-3-9-26-13)19(25)14-10-12(21)7-8-15(14)22/h2-10H,11H2,1H3. The first-order valence-corrected chi connectivity index (χ1v) is 11.1. The Morgan fingerprint density at radius 3 is 2.82 bits per heavy atom. The van der Waals surface area contributed by atoms with Crippen LogP contribution in [0.4, 0.5) is 5.13 Å². The minimum atomic E-state index is -0.284. The lowest BCUT2D eigenvalue weighted by molar-refractivity contribution is 0.0983. The number of carbonyl (C=O) groups excluding carboxylic acids is 1. The van der Waals surface area contributed by atoms with Crippen LogP contribution >= 0.6 is 46.3 Å². The molecule has 2 aromatic carbocycles. The molecule has 0 fully saturated rings. The number of amides is 1. The van der Waals surface area contributed by atoms with E-state index in [-0.39, 0.29) is 12.5 Å². The molecule has 2 aromatic heterocycles. The first-order chi connectivity index (χ1) is 13.6. The summed E-state index contributed by atoms with van der Waals surface area (Å²) in [7, 11) is 0. The molecule has 0 atom stereocenters. The number of halogens is 2. The largest absolute Gasteiger partial charge is 0.467 e. The summed E-state index contributed by atoms with van der Waals surface area (Å²) in [6.45, 7) is 0.239. The first-order valence-electron chi connectivity index (χ1n) is 8.29. The smallest absolute Gasteiger partial charge is 0.262 e. The summed E-state index contributed by atoms with van der Waals surface area (Å²) in [5, 5.41) is 1.36. The van der Waals surface area contributed by atoms with Crippen LogP contribution < -0.4 is 4.90 Å². The molecular weight excluding hydrogens is 435 g/mol. The lowest BCUT2D eigenvalue weighted by Gasteiger charge is -2.19. The van der Waals surface area contributed by atoms with Crippen LogP contribution in [-0.2, 0) is 6.54 Å². The van der Waals surface area contributed by atoms with Crippen LogP contribution in [0.15, 0.2) is 64.1 Å². The second-order valence-corrected chi connectivity index (χ2v) is 8.60. The Morgan fingerprint density at radius 2 is 2.07 bits per heavy atom. The van der Waals surface area contributed by atoms with Gasteiger partial charge in [0.25, 0.3) is 5.91 Å². The van der Waals surface area contributed by atoms with Crippen molar-refractivity contribution < 1.29 is 9.21 Å². The number of anilines is 1. The van der Waals surface area contributed by atoms with E-state index in [1.165, 1.54) is 11.3 Å². The number of hydrogen-bond acceptors (Lipinski definition) is 5. The summed E-state index contributed by atoms with van der Waals surface area (Å²) < 4.78 is 6.47. The Labute approximate surface area is 180 Å². The Kier molecular flexibility index (Phi) is 5.64. The Bertz CT molecular complexity index is 1140. The molecule has 0 aliphatic heterocycles. The summed E-state index contributed by atoms with van der Waals surface area (Å²) >= 11 is 15.4. The molecule has 2 heterocycles. The molecule has 0 aliphatic rings. The Morgan fingerprint density at radius 1 is 1.21 bits per heavy atom. The van der Waals surface area contributed by atoms with Crippen LogP contribution in [0.3, 0.4) is 0 Å². The Hall–Kier alpha value is -1.99. The molecule has 28 heavy (non-hydrogen) atoms. The van der Waals surface area contributed by atoms with Gasteiger partial charge < -0.3 is 4.42 Å². The van der Waals surface area contributed by atoms with Gasteiger partial charge in [0.15, 0.2) is 5.13 Å². The summed E-state index contributed by atoms with van der Waals surface area (Å²) in [5.41, 5.74) is 1.20. The van der Waals surface area contributed by atoms with Gasteiger partial charge in [-0.2, -0.15) is 0 Å². The fourth-order valence-corrected chi connectivity index (χ4v) is 4.77. The molecule has 0 aliphatic carbocycles. The predicted octanol–water partition coefficient (Wildman–Crippen LogP) is 6.77. The number of hydrogen-bond donors (Lipinski definition) is 0. The second-order valence-electron chi connectivity index (χ2n) is 5.90. The van der Waals surface area contributed by atoms with Gasteiger partial charge in [-0.05, 0) is 48.7 Å². The van der Waals surface area contributed by atoms with Crippen molar-refractivity contribution in [2.24, 2.45) is 0 Å². The van der Waals surface area contributed by atoms with Gasteiger partial charge in [-0.25, -0.2) is 4.98 Å². The number of thiazole rings is 1. The zero-order valence-electron chi connectivity index (χ0n) is 14.7. The van der Waals surface area contributed by atoms with E-state index in [0.717, 1.165) is 15.1 Å². The molecule has 0 N–H and O–H groups in total. The van der Waals surface area contributed by atoms with Crippen LogP contribution in [-0.4, -0.2) is 17.1 Å². The third kappa shape index (κ3) is 3.78. The van der Waals surface area contributed by atoms with Crippen LogP contribution in [0.2, 0.25) is 10.0 Å². The van der Waals surface area contributed by atoms with Crippen LogP contribution in [0.1, 0.15) is 16.1 Å². The van der Waals surface area contributed by atoms with E-state index in [1.54, 1.807) is 47.2 Å². The molecule has 4 aromatic rings. The maximum absolute atomic E-state index is 13.4. The highest BCUT2D eigenvalue weighted by Crippen LogP contribution is 2.36. The van der Waals surface area contributed by atoms with Crippen molar-refractivity contribution in [3.63, 3.8) is 0 Å². The maximum atomic E-state index is 13.4. The van der Waals surface area contributed by atoms with Gasteiger partial charge in [-0.3, -0.25) is 9.69 Å². The fourth-order valence-electron chi connectivity index (χ4n) is 2.78. The fraction of sp³-hybridized carbons (Fsp3) is 0.100. The van der Waals surface area contributed by atoms with E-state index in [9.17, 15) is 4.79 Å². The first kappa shape index (κ1) is 19.3. The minimum Gasteiger partial charge on any atom is -0.467 e. The van der Waals surface area contributed by atoms with Crippen molar-refractivity contribution in [2.45, 2.75) is 11.4 Å². The van der Waals surface area contributed by atoms with Crippen LogP contribution in [0, 0.1) is 0 Å². The lowest BCUT2D eigenvalue weighted by Crippen LogP contribution is -2.30. The molecule has 0 unspecified atom stereocenters. The number of thioether (sulfide) groups is 1. The molecule has 4 rings (SSSR count). The molecule has 1 amide bonds. The zero-order valence-corrected chi connectivity index (χ0v) is 17.8. The van der Waals surface area contributed by atoms with E-state index in [1.807, 2.05) is 30.5 Å². The van der Waals surface area contributed by atoms with E-state index in [4.69, 9.17) is 32.6 Å². The summed E-state index contributed by atoms with van der Waals surface area (Å²) in [6, 6.07) is 14.5. The molecule has 0 spiro atoms. The molecular formula is C20H14Cl2N2O2S2. The number of rotatable bonds is 5. The number of aromatic nitrogens is 1. The van der Waals surface area contributed by atoms with Crippen molar-refractivity contribution in [3.05, 3.63) is 76.2 Å². The third-order valence-electron chi connectivity index (χ3n) is 4.12. The van der Waals surface area contributed by atoms with Crippen LogP contribution in [0.5, 0.6) is 0 Å². The van der Waals surface area contributed by atoms with Gasteiger partial charge in [-0.15, -0.1) is 11.8 Å². The second kappa shape index (κ2) is 8.17. The average molecular weight is 449 g/mol. The third-order valence-corrected chi connectivity index (χ3v) is 6.50. The number of fused-ring (bicyclic) bond motifs is 1. The average Bonchev–Trinajstić information content (AvgIpc) is 3.36. The van der Waals surface area contributed by atoms with Crippen molar-refractivity contribution in [1.82, 2.24) is 4.98 Å². The van der Waals surface area contributed by atoms with E-state index in [2.05, 4.69) is 0 Å². The van der Waals surface area contributed by atoms with Crippen molar-refractivity contribution in [2.75, 3.05) is 11.2 Å². The molecule has 0 radical (unpaired) electrons. The quantitative estimate of drug-likeness (QED) is 0.316. The molecule has 142 valence electrons. The number of nitrogens with zero attached hydrogens (tertiary/aromatic N) is 2. The zero-order chi connectivity index (χ0) is 19.7. The van der Waals surface area contributed by atoms with Crippen LogP contribution in [0.25, 0.3) is 10.2 Å². The number of carbonyl (C=O) groups is 1. The van der Waals surface area contributed by atoms with Crippen molar-refractivity contribution in [1.29, 1.82) is 0 Å². The number of furan rings is 1. The highest BCUT2D eigenvalue weighted by molar-refractivity contribution is 7.98. The summed E-state index contributed by atoms with van der Waals surface area (Å²) in [6.07, 6.45) is 3.58. The molecule has 0 bridgehead atoms. The van der Waals surface area contributed by atoms with Crippen molar-refractivity contribution in [3.8, 4) is 0 Å². The molecule has 4 nitrogen and oxygen atoms in total. The molecule has 0 saturated carbocycles. The minimum absolute atomic E-state index is 0.239. The highest BCUT2D eigenvalue weighted by Gasteiger charge is 2.25. The molecule has 0 saturated heterocycles. The summed E-state index contributed by atoms with van der Waals surface area (Å²) in [5.74, 6) is 0.365. The van der Waals surface area contributed by atoms with E-state index < -0.39 is 0 Å². The van der Waals surface area contributed by atoms with Crippen molar-refractivity contribution >= 4 is 67.6 Å². The number of benzene rings is 2. The van der Waals surface area contributed by atoms with E-state index >= 15 is 0 Å². The topological polar surface area (TPSA) is 46.3 Å². The van der Waals surface area contributed by atoms with Gasteiger partial charge in [-0.1, -0.05) is 40.6 Å². The predicted molar refractivity (Wildman–Crippen MR) is 117 cm³/mol. The Balaban J connectivity index is 1.82. The highest BCUT2D eigenvalue weighted by atomic mass is 35.5. The molecule has 8 heteroatoms. The number of para-hydroxylation sites is 1. The normalized spacial score (nSPS) is 11.1. The van der Waals surface area contributed by atoms with Gasteiger partial charge in [0.05, 0.1) is 33.6 Å². The SMILES string of the molecule is CSc1cccc2sc(N(Cc3ccco3)C(=O)c3cc(Cl)ccc3Cl)nc12. The summed E-state index contributed by atoms with van der Waals surface area (Å²) in [4.78, 5) is 20.8. The van der Waals surface area contributed by atoms with Gasteiger partial charge in [0.2, 0.25) is 0 Å². The van der Waals surface area contributed by atoms with Gasteiger partial charge in [0.1, 0.15) is 5.76 Å². The van der Waals surface area contributed by atoms with Gasteiger partial charge in [0, 0.05) is 9.92 Å². The van der Waals surface area contributed by atoms with Gasteiger partial charge >= 0.3 is 0 Å². The lowest BCUT2D eigenvalue weighted by atomic mass is 10.2.